The first-order valence-corrected chi connectivity index (χ1v) is 6.64. The third-order valence-electron chi connectivity index (χ3n) is 4.31. The molecule has 98 valence electrons. The van der Waals surface area contributed by atoms with E-state index in [-0.39, 0.29) is 0 Å². The molecule has 2 aliphatic heterocycles. The number of fused-ring (bicyclic) bond motifs is 3. The van der Waals surface area contributed by atoms with E-state index in [0.29, 0.717) is 17.9 Å². The molecule has 3 unspecified atom stereocenters. The van der Waals surface area contributed by atoms with Gasteiger partial charge in [-0.2, -0.15) is 0 Å². The van der Waals surface area contributed by atoms with Crippen molar-refractivity contribution in [3.63, 3.8) is 0 Å². The summed E-state index contributed by atoms with van der Waals surface area (Å²) >= 11 is 0. The topological polar surface area (TPSA) is 41.0 Å². The summed E-state index contributed by atoms with van der Waals surface area (Å²) in [5, 5.41) is 3.23. The normalized spacial score (nSPS) is 31.6. The molecule has 3 aliphatic rings. The lowest BCUT2D eigenvalue weighted by atomic mass is 9.73. The Balaban J connectivity index is 1.58. The van der Waals surface area contributed by atoms with Gasteiger partial charge in [-0.25, -0.2) is 14.4 Å². The Morgan fingerprint density at radius 3 is 2.83 bits per heavy atom. The van der Waals surface area contributed by atoms with E-state index in [2.05, 4.69) is 27.2 Å². The Labute approximate surface area is 107 Å². The van der Waals surface area contributed by atoms with E-state index in [1.807, 2.05) is 0 Å². The van der Waals surface area contributed by atoms with Crippen LogP contribution in [0, 0.1) is 17.7 Å². The van der Waals surface area contributed by atoms with Crippen LogP contribution in [0.25, 0.3) is 0 Å². The quantitative estimate of drug-likeness (QED) is 0.887. The van der Waals surface area contributed by atoms with Gasteiger partial charge in [-0.05, 0) is 38.1 Å². The minimum Gasteiger partial charge on any atom is -0.354 e. The van der Waals surface area contributed by atoms with Crippen molar-refractivity contribution in [1.29, 1.82) is 0 Å². The van der Waals surface area contributed by atoms with Gasteiger partial charge in [0.15, 0.2) is 5.82 Å². The summed E-state index contributed by atoms with van der Waals surface area (Å²) in [5.41, 5.74) is 0. The van der Waals surface area contributed by atoms with Crippen LogP contribution in [0.15, 0.2) is 12.4 Å². The van der Waals surface area contributed by atoms with E-state index in [1.54, 1.807) is 0 Å². The SMILES string of the molecule is CN1CC2CCC1C(CNc1ncc(F)cn1)C2. The number of hydrogen-bond donors (Lipinski definition) is 1. The highest BCUT2D eigenvalue weighted by Crippen LogP contribution is 2.38. The fourth-order valence-electron chi connectivity index (χ4n) is 3.48. The third-order valence-corrected chi connectivity index (χ3v) is 4.31. The number of hydrogen-bond acceptors (Lipinski definition) is 4. The lowest BCUT2D eigenvalue weighted by molar-refractivity contribution is 0.0256. The number of halogens is 1. The Morgan fingerprint density at radius 1 is 1.39 bits per heavy atom. The number of rotatable bonds is 3. The van der Waals surface area contributed by atoms with Crippen LogP contribution >= 0.6 is 0 Å². The van der Waals surface area contributed by atoms with Gasteiger partial charge in [0.25, 0.3) is 0 Å². The van der Waals surface area contributed by atoms with Crippen molar-refractivity contribution in [3.05, 3.63) is 18.2 Å². The maximum atomic E-state index is 12.7. The summed E-state index contributed by atoms with van der Waals surface area (Å²) in [6, 6.07) is 0.683. The van der Waals surface area contributed by atoms with Gasteiger partial charge in [0.05, 0.1) is 12.4 Å². The van der Waals surface area contributed by atoms with Gasteiger partial charge >= 0.3 is 0 Å². The molecule has 3 atom stereocenters. The molecule has 18 heavy (non-hydrogen) atoms. The number of aromatic nitrogens is 2. The van der Waals surface area contributed by atoms with Gasteiger partial charge in [-0.1, -0.05) is 0 Å². The van der Waals surface area contributed by atoms with Gasteiger partial charge in [0.1, 0.15) is 0 Å². The van der Waals surface area contributed by atoms with Gasteiger partial charge in [-0.3, -0.25) is 0 Å². The van der Waals surface area contributed by atoms with Gasteiger partial charge < -0.3 is 10.2 Å². The van der Waals surface area contributed by atoms with Crippen molar-refractivity contribution in [3.8, 4) is 0 Å². The van der Waals surface area contributed by atoms with Crippen LogP contribution in [-0.2, 0) is 0 Å². The van der Waals surface area contributed by atoms with Crippen LogP contribution in [0.1, 0.15) is 19.3 Å². The van der Waals surface area contributed by atoms with Crippen molar-refractivity contribution < 1.29 is 4.39 Å². The molecule has 5 heteroatoms. The van der Waals surface area contributed by atoms with Crippen LogP contribution in [-0.4, -0.2) is 41.0 Å². The first-order chi connectivity index (χ1) is 8.72. The van der Waals surface area contributed by atoms with E-state index >= 15 is 0 Å². The summed E-state index contributed by atoms with van der Waals surface area (Å²) in [6.07, 6.45) is 6.38. The van der Waals surface area contributed by atoms with Crippen molar-refractivity contribution in [2.24, 2.45) is 11.8 Å². The molecule has 0 spiro atoms. The lowest BCUT2D eigenvalue weighted by Gasteiger charge is -2.48. The molecular formula is C13H19FN4. The number of piperidine rings is 2. The van der Waals surface area contributed by atoms with Crippen molar-refractivity contribution >= 4 is 5.95 Å². The predicted octanol–water partition coefficient (Wildman–Crippen LogP) is 1.76. The summed E-state index contributed by atoms with van der Waals surface area (Å²) in [4.78, 5) is 10.3. The van der Waals surface area contributed by atoms with Crippen LogP contribution in [0.5, 0.6) is 0 Å². The van der Waals surface area contributed by atoms with Crippen molar-refractivity contribution in [2.75, 3.05) is 25.5 Å². The van der Waals surface area contributed by atoms with E-state index in [1.165, 1.54) is 38.2 Å². The molecule has 1 aliphatic carbocycles. The van der Waals surface area contributed by atoms with E-state index in [9.17, 15) is 4.39 Å². The Bertz CT molecular complexity index is 408. The average Bonchev–Trinajstić information content (AvgIpc) is 2.38. The Kier molecular flexibility index (Phi) is 3.16. The molecule has 1 saturated carbocycles. The molecule has 1 aromatic rings. The molecule has 2 bridgehead atoms. The Morgan fingerprint density at radius 2 is 2.17 bits per heavy atom. The van der Waals surface area contributed by atoms with E-state index in [4.69, 9.17) is 0 Å². The zero-order valence-corrected chi connectivity index (χ0v) is 10.6. The van der Waals surface area contributed by atoms with Gasteiger partial charge in [0, 0.05) is 19.1 Å². The smallest absolute Gasteiger partial charge is 0.222 e. The highest BCUT2D eigenvalue weighted by atomic mass is 19.1. The zero-order valence-electron chi connectivity index (χ0n) is 10.6. The molecule has 0 aromatic carbocycles. The molecular weight excluding hydrogens is 231 g/mol. The fourth-order valence-corrected chi connectivity index (χ4v) is 3.48. The molecule has 1 aromatic heterocycles. The third kappa shape index (κ3) is 2.32. The maximum absolute atomic E-state index is 12.7. The first-order valence-electron chi connectivity index (χ1n) is 6.64. The largest absolute Gasteiger partial charge is 0.354 e. The lowest BCUT2D eigenvalue weighted by Crippen LogP contribution is -2.52. The monoisotopic (exact) mass is 250 g/mol. The van der Waals surface area contributed by atoms with Crippen molar-refractivity contribution in [1.82, 2.24) is 14.9 Å². The first kappa shape index (κ1) is 11.8. The van der Waals surface area contributed by atoms with Crippen molar-refractivity contribution in [2.45, 2.75) is 25.3 Å². The van der Waals surface area contributed by atoms with Crippen LogP contribution in [0.4, 0.5) is 10.3 Å². The molecule has 0 radical (unpaired) electrons. The number of nitrogens with zero attached hydrogens (tertiary/aromatic N) is 3. The molecule has 4 nitrogen and oxygen atoms in total. The van der Waals surface area contributed by atoms with Crippen LogP contribution in [0.2, 0.25) is 0 Å². The standard InChI is InChI=1S/C13H19FN4/c1-18-8-9-2-3-12(18)10(4-9)5-15-13-16-6-11(14)7-17-13/h6-7,9-10,12H,2-5,8H2,1H3,(H,15,16,17). The van der Waals surface area contributed by atoms with Crippen LogP contribution in [0.3, 0.4) is 0 Å². The second-order valence-electron chi connectivity index (χ2n) is 5.55. The second-order valence-corrected chi connectivity index (χ2v) is 5.55. The molecule has 4 rings (SSSR count). The summed E-state index contributed by atoms with van der Waals surface area (Å²) < 4.78 is 12.7. The average molecular weight is 250 g/mol. The van der Waals surface area contributed by atoms with Crippen LogP contribution < -0.4 is 5.32 Å². The van der Waals surface area contributed by atoms with E-state index in [0.717, 1.165) is 12.5 Å². The highest BCUT2D eigenvalue weighted by molar-refractivity contribution is 5.22. The highest BCUT2D eigenvalue weighted by Gasteiger charge is 2.38. The molecule has 0 amide bonds. The predicted molar refractivity (Wildman–Crippen MR) is 67.7 cm³/mol. The molecule has 3 fully saturated rings. The summed E-state index contributed by atoms with van der Waals surface area (Å²) in [7, 11) is 2.22. The Hall–Kier alpha value is -1.23. The minimum atomic E-state index is -0.392. The summed E-state index contributed by atoms with van der Waals surface area (Å²) in [5.74, 6) is 1.65. The minimum absolute atomic E-state index is 0.392. The van der Waals surface area contributed by atoms with Gasteiger partial charge in [0.2, 0.25) is 5.95 Å². The molecule has 1 N–H and O–H groups in total. The number of anilines is 1. The zero-order chi connectivity index (χ0) is 12.5. The summed E-state index contributed by atoms with van der Waals surface area (Å²) in [6.45, 7) is 2.13. The number of nitrogens with one attached hydrogen (secondary N) is 1. The molecule has 2 saturated heterocycles. The fraction of sp³-hybridized carbons (Fsp3) is 0.692. The second kappa shape index (κ2) is 4.80. The molecule has 3 heterocycles. The van der Waals surface area contributed by atoms with E-state index < -0.39 is 5.82 Å². The maximum Gasteiger partial charge on any atom is 0.222 e. The van der Waals surface area contributed by atoms with Gasteiger partial charge in [-0.15, -0.1) is 0 Å².